The van der Waals surface area contributed by atoms with Crippen LogP contribution >= 0.6 is 0 Å². The monoisotopic (exact) mass is 612 g/mol. The minimum Gasteiger partial charge on any atom is -0.262 e. The highest BCUT2D eigenvalue weighted by Crippen LogP contribution is 2.37. The van der Waals surface area contributed by atoms with Gasteiger partial charge in [0.15, 0.2) is 0 Å². The van der Waals surface area contributed by atoms with E-state index in [1.54, 1.807) is 24.8 Å². The van der Waals surface area contributed by atoms with Gasteiger partial charge in [-0.2, -0.15) is 0 Å². The molecule has 2 heterocycles. The lowest BCUT2D eigenvalue weighted by Gasteiger charge is -2.12. The lowest BCUT2D eigenvalue weighted by molar-refractivity contribution is 1.16. The first-order valence-corrected chi connectivity index (χ1v) is 16.0. The smallest absolute Gasteiger partial charge is 0.0813 e. The van der Waals surface area contributed by atoms with Crippen LogP contribution in [0.1, 0.15) is 22.5 Å². The van der Waals surface area contributed by atoms with Crippen LogP contribution in [0.25, 0.3) is 88.9 Å². The molecule has 8 aromatic carbocycles. The summed E-state index contributed by atoms with van der Waals surface area (Å²) in [6, 6.07) is 39.7. The largest absolute Gasteiger partial charge is 0.262 e. The third-order valence-electron chi connectivity index (χ3n) is 9.16. The van der Waals surface area contributed by atoms with Crippen molar-refractivity contribution in [1.29, 1.82) is 0 Å². The van der Waals surface area contributed by atoms with E-state index in [0.717, 1.165) is 11.4 Å². The quantitative estimate of drug-likeness (QED) is 0.186. The van der Waals surface area contributed by atoms with Crippen molar-refractivity contribution in [2.75, 3.05) is 0 Å². The summed E-state index contributed by atoms with van der Waals surface area (Å²) in [6.07, 6.45) is 18.6. The number of aromatic nitrogens is 4. The van der Waals surface area contributed by atoms with Crippen molar-refractivity contribution in [3.63, 3.8) is 0 Å². The van der Waals surface area contributed by atoms with E-state index in [-0.39, 0.29) is 0 Å². The van der Waals surface area contributed by atoms with Crippen molar-refractivity contribution in [3.8, 4) is 0 Å². The summed E-state index contributed by atoms with van der Waals surface area (Å²) in [5.41, 5.74) is 4.03. The van der Waals surface area contributed by atoms with Crippen LogP contribution in [0.2, 0.25) is 0 Å². The lowest BCUT2D eigenvalue weighted by Crippen LogP contribution is -1.88. The standard InChI is InChI=1S/C40H24N2.C4H4N2/c1-3-27-11-13-31-9-7-25(35-21-17-29(5-1)37(27)39(31)35)15-19-33-23-42-34(24-41-33)20-16-26-8-10-32-14-12-28-4-2-6-30-18-22-36(26)40(32)38(28)30;1-2-6-4-3-5-1/h1-24H;1-4H. The van der Waals surface area contributed by atoms with E-state index in [2.05, 4.69) is 131 Å². The van der Waals surface area contributed by atoms with Gasteiger partial charge in [-0.25, -0.2) is 0 Å². The summed E-state index contributed by atoms with van der Waals surface area (Å²) in [5.74, 6) is 0. The van der Waals surface area contributed by atoms with E-state index in [9.17, 15) is 0 Å². The molecule has 0 fully saturated rings. The van der Waals surface area contributed by atoms with Gasteiger partial charge in [0.1, 0.15) is 0 Å². The van der Waals surface area contributed by atoms with Gasteiger partial charge >= 0.3 is 0 Å². The predicted octanol–water partition coefficient (Wildman–Crippen LogP) is 11.1. The van der Waals surface area contributed by atoms with Crippen molar-refractivity contribution in [2.45, 2.75) is 0 Å². The van der Waals surface area contributed by atoms with E-state index in [1.165, 1.54) is 75.8 Å². The molecule has 224 valence electrons. The van der Waals surface area contributed by atoms with E-state index in [4.69, 9.17) is 9.97 Å². The molecule has 4 heteroatoms. The zero-order chi connectivity index (χ0) is 31.9. The molecule has 0 saturated heterocycles. The molecule has 0 saturated carbocycles. The molecule has 2 aromatic heterocycles. The Kier molecular flexibility index (Phi) is 6.76. The highest BCUT2D eigenvalue weighted by Gasteiger charge is 2.11. The van der Waals surface area contributed by atoms with Crippen LogP contribution in [0.15, 0.2) is 146 Å². The van der Waals surface area contributed by atoms with E-state index in [0.29, 0.717) is 0 Å². The van der Waals surface area contributed by atoms with Gasteiger partial charge in [-0.05, 0) is 87.9 Å². The van der Waals surface area contributed by atoms with Crippen molar-refractivity contribution >= 4 is 88.9 Å². The zero-order valence-electron chi connectivity index (χ0n) is 26.0. The third kappa shape index (κ3) is 4.88. The fraction of sp³-hybridized carbons (Fsp3) is 0. The summed E-state index contributed by atoms with van der Waals surface area (Å²) < 4.78 is 0. The van der Waals surface area contributed by atoms with E-state index >= 15 is 0 Å². The molecule has 10 rings (SSSR count). The Bertz CT molecular complexity index is 2530. The molecule has 0 aliphatic heterocycles. The molecule has 10 aromatic rings. The van der Waals surface area contributed by atoms with Gasteiger partial charge in [0, 0.05) is 24.8 Å². The Morgan fingerprint density at radius 2 is 0.688 bits per heavy atom. The van der Waals surface area contributed by atoms with E-state index < -0.39 is 0 Å². The van der Waals surface area contributed by atoms with Crippen LogP contribution in [-0.2, 0) is 0 Å². The first kappa shape index (κ1) is 27.8. The van der Waals surface area contributed by atoms with Gasteiger partial charge in [-0.15, -0.1) is 0 Å². The van der Waals surface area contributed by atoms with Gasteiger partial charge in [0.05, 0.1) is 23.8 Å². The van der Waals surface area contributed by atoms with Crippen molar-refractivity contribution in [2.24, 2.45) is 0 Å². The topological polar surface area (TPSA) is 51.6 Å². The van der Waals surface area contributed by atoms with Crippen LogP contribution in [-0.4, -0.2) is 19.9 Å². The predicted molar refractivity (Wildman–Crippen MR) is 202 cm³/mol. The van der Waals surface area contributed by atoms with Gasteiger partial charge in [-0.1, -0.05) is 121 Å². The van der Waals surface area contributed by atoms with Crippen molar-refractivity contribution < 1.29 is 0 Å². The number of benzene rings is 8. The molecule has 48 heavy (non-hydrogen) atoms. The fourth-order valence-electron chi connectivity index (χ4n) is 6.93. The molecule has 0 amide bonds. The molecule has 0 atom stereocenters. The highest BCUT2D eigenvalue weighted by atomic mass is 14.8. The average Bonchev–Trinajstić information content (AvgIpc) is 3.16. The van der Waals surface area contributed by atoms with Crippen LogP contribution < -0.4 is 0 Å². The second kappa shape index (κ2) is 11.7. The first-order valence-electron chi connectivity index (χ1n) is 16.0. The second-order valence-corrected chi connectivity index (χ2v) is 11.9. The molecular formula is C44H28N4. The van der Waals surface area contributed by atoms with Gasteiger partial charge in [-0.3, -0.25) is 19.9 Å². The molecule has 0 aliphatic carbocycles. The Labute approximate surface area is 277 Å². The maximum atomic E-state index is 4.70. The normalized spacial score (nSPS) is 12.0. The molecule has 0 aliphatic rings. The Balaban J connectivity index is 0.000000475. The minimum atomic E-state index is 0.834. The van der Waals surface area contributed by atoms with Gasteiger partial charge in [0.25, 0.3) is 0 Å². The molecular weight excluding hydrogens is 585 g/mol. The molecule has 0 bridgehead atoms. The van der Waals surface area contributed by atoms with E-state index in [1.807, 2.05) is 24.5 Å². The van der Waals surface area contributed by atoms with Crippen molar-refractivity contribution in [3.05, 3.63) is 169 Å². The highest BCUT2D eigenvalue weighted by molar-refractivity contribution is 6.25. The number of hydrogen-bond acceptors (Lipinski definition) is 4. The third-order valence-corrected chi connectivity index (χ3v) is 9.16. The second-order valence-electron chi connectivity index (χ2n) is 11.9. The van der Waals surface area contributed by atoms with Crippen LogP contribution in [0.5, 0.6) is 0 Å². The molecule has 0 N–H and O–H groups in total. The van der Waals surface area contributed by atoms with Crippen LogP contribution in [0.4, 0.5) is 0 Å². The molecule has 4 nitrogen and oxygen atoms in total. The minimum absolute atomic E-state index is 0.834. The SMILES string of the molecule is C(=Cc1ccc2ccc3cccc4ccc1c2c34)c1cnc(C=Cc2ccc3ccc4cccc5ccc2c3c45)cn1.c1cnccn1. The molecule has 0 spiro atoms. The molecule has 0 unspecified atom stereocenters. The first-order chi connectivity index (χ1) is 23.8. The summed E-state index contributed by atoms with van der Waals surface area (Å²) in [5, 5.41) is 15.5. The lowest BCUT2D eigenvalue weighted by atomic mass is 9.92. The number of hydrogen-bond donors (Lipinski definition) is 0. The van der Waals surface area contributed by atoms with Gasteiger partial charge < -0.3 is 0 Å². The maximum absolute atomic E-state index is 4.70. The Morgan fingerprint density at radius 3 is 1.06 bits per heavy atom. The number of nitrogens with zero attached hydrogens (tertiary/aromatic N) is 4. The zero-order valence-corrected chi connectivity index (χ0v) is 26.0. The summed E-state index contributed by atoms with van der Waals surface area (Å²) >= 11 is 0. The average molecular weight is 613 g/mol. The number of rotatable bonds is 4. The molecule has 0 radical (unpaired) electrons. The fourth-order valence-corrected chi connectivity index (χ4v) is 6.93. The Morgan fingerprint density at radius 1 is 0.333 bits per heavy atom. The van der Waals surface area contributed by atoms with Gasteiger partial charge in [0.2, 0.25) is 0 Å². The van der Waals surface area contributed by atoms with Crippen LogP contribution in [0, 0.1) is 0 Å². The Hall–Kier alpha value is -6.52. The summed E-state index contributed by atoms with van der Waals surface area (Å²) in [6.45, 7) is 0. The summed E-state index contributed by atoms with van der Waals surface area (Å²) in [4.78, 5) is 16.8. The van der Waals surface area contributed by atoms with Crippen LogP contribution in [0.3, 0.4) is 0 Å². The van der Waals surface area contributed by atoms with Crippen molar-refractivity contribution in [1.82, 2.24) is 19.9 Å². The summed E-state index contributed by atoms with van der Waals surface area (Å²) in [7, 11) is 0. The maximum Gasteiger partial charge on any atom is 0.0813 e.